The van der Waals surface area contributed by atoms with Gasteiger partial charge in [-0.2, -0.15) is 0 Å². The Morgan fingerprint density at radius 1 is 1.13 bits per heavy atom. The molecule has 1 aliphatic heterocycles. The summed E-state index contributed by atoms with van der Waals surface area (Å²) in [6.07, 6.45) is 3.96. The molecule has 0 saturated heterocycles. The smallest absolute Gasteiger partial charge is 0.229 e. The normalized spacial score (nSPS) is 20.9. The summed E-state index contributed by atoms with van der Waals surface area (Å²) in [5, 5.41) is 3.36. The Kier molecular flexibility index (Phi) is 5.29. The number of fused-ring (bicyclic) bond motifs is 1. The first kappa shape index (κ1) is 21.4. The number of amides is 1. The Balaban J connectivity index is 1.69. The highest BCUT2D eigenvalue weighted by molar-refractivity contribution is 7.92. The number of carbonyl (C=O) groups excluding carboxylic acids is 2. The van der Waals surface area contributed by atoms with Crippen molar-refractivity contribution in [3.05, 3.63) is 42.5 Å². The van der Waals surface area contributed by atoms with Crippen LogP contribution in [0.4, 0.5) is 17.1 Å². The highest BCUT2D eigenvalue weighted by atomic mass is 32.2. The van der Waals surface area contributed by atoms with Crippen molar-refractivity contribution in [2.45, 2.75) is 38.6 Å². The molecular formula is C23H27N3O4S. The number of nitrogens with one attached hydrogen (secondary N) is 2. The minimum Gasteiger partial charge on any atom is -0.381 e. The maximum absolute atomic E-state index is 13.2. The highest BCUT2D eigenvalue weighted by Gasteiger charge is 2.48. The van der Waals surface area contributed by atoms with Crippen molar-refractivity contribution >= 4 is 38.8 Å². The van der Waals surface area contributed by atoms with Crippen LogP contribution in [0.25, 0.3) is 11.1 Å². The van der Waals surface area contributed by atoms with Crippen LogP contribution in [0, 0.1) is 5.92 Å². The number of Topliss-reactive ketones (excluding diaryl/α,β-unsaturated/α-hetero) is 1. The largest absolute Gasteiger partial charge is 0.381 e. The van der Waals surface area contributed by atoms with Gasteiger partial charge in [0.15, 0.2) is 5.78 Å². The molecule has 0 spiro atoms. The molecule has 1 fully saturated rings. The van der Waals surface area contributed by atoms with Gasteiger partial charge in [-0.15, -0.1) is 0 Å². The van der Waals surface area contributed by atoms with Gasteiger partial charge in [0.25, 0.3) is 0 Å². The first-order valence-corrected chi connectivity index (χ1v) is 12.3. The van der Waals surface area contributed by atoms with E-state index in [4.69, 9.17) is 0 Å². The molecule has 2 aromatic rings. The van der Waals surface area contributed by atoms with Gasteiger partial charge in [0.1, 0.15) is 5.54 Å². The van der Waals surface area contributed by atoms with Crippen LogP contribution >= 0.6 is 0 Å². The maximum atomic E-state index is 13.2. The van der Waals surface area contributed by atoms with Crippen molar-refractivity contribution in [1.29, 1.82) is 0 Å². The van der Waals surface area contributed by atoms with Crippen LogP contribution in [0.5, 0.6) is 0 Å². The number of hydrogen-bond acceptors (Lipinski definition) is 5. The average molecular weight is 442 g/mol. The zero-order valence-corrected chi connectivity index (χ0v) is 18.8. The van der Waals surface area contributed by atoms with Gasteiger partial charge < -0.3 is 5.32 Å². The van der Waals surface area contributed by atoms with Gasteiger partial charge >= 0.3 is 0 Å². The molecule has 0 aromatic heterocycles. The number of ketones is 1. The van der Waals surface area contributed by atoms with Crippen molar-refractivity contribution in [2.75, 3.05) is 27.7 Å². The molecule has 1 amide bonds. The van der Waals surface area contributed by atoms with Gasteiger partial charge in [0.05, 0.1) is 17.6 Å². The zero-order chi connectivity index (χ0) is 22.4. The quantitative estimate of drug-likeness (QED) is 0.739. The number of benzene rings is 2. The second kappa shape index (κ2) is 7.67. The predicted octanol–water partition coefficient (Wildman–Crippen LogP) is 3.63. The van der Waals surface area contributed by atoms with Crippen LogP contribution in [0.3, 0.4) is 0 Å². The third-order valence-electron chi connectivity index (χ3n) is 6.17. The Morgan fingerprint density at radius 2 is 1.84 bits per heavy atom. The van der Waals surface area contributed by atoms with Crippen molar-refractivity contribution < 1.29 is 18.0 Å². The first-order chi connectivity index (χ1) is 14.6. The Hall–Kier alpha value is -2.87. The van der Waals surface area contributed by atoms with Crippen LogP contribution < -0.4 is 14.9 Å². The molecule has 4 rings (SSSR count). The molecule has 1 atom stereocenters. The molecule has 0 unspecified atom stereocenters. The maximum Gasteiger partial charge on any atom is 0.229 e. The van der Waals surface area contributed by atoms with Gasteiger partial charge in [0.2, 0.25) is 15.9 Å². The van der Waals surface area contributed by atoms with Crippen LogP contribution in [0.1, 0.15) is 33.1 Å². The van der Waals surface area contributed by atoms with Gasteiger partial charge in [-0.25, -0.2) is 8.42 Å². The molecule has 164 valence electrons. The lowest BCUT2D eigenvalue weighted by atomic mass is 9.73. The lowest BCUT2D eigenvalue weighted by molar-refractivity contribution is -0.132. The van der Waals surface area contributed by atoms with Gasteiger partial charge in [-0.05, 0) is 55.2 Å². The van der Waals surface area contributed by atoms with Gasteiger partial charge in [-0.1, -0.05) is 24.6 Å². The number of anilines is 3. The third-order valence-corrected chi connectivity index (χ3v) is 6.78. The molecule has 7 nitrogen and oxygen atoms in total. The van der Waals surface area contributed by atoms with Crippen molar-refractivity contribution in [3.63, 3.8) is 0 Å². The topological polar surface area (TPSA) is 95.6 Å². The third kappa shape index (κ3) is 4.04. The average Bonchev–Trinajstić information content (AvgIpc) is 2.64. The molecule has 1 saturated carbocycles. The summed E-state index contributed by atoms with van der Waals surface area (Å²) in [5.74, 6) is -0.0136. The van der Waals surface area contributed by atoms with Gasteiger partial charge in [0, 0.05) is 25.1 Å². The van der Waals surface area contributed by atoms with E-state index in [-0.39, 0.29) is 17.6 Å². The Morgan fingerprint density at radius 3 is 2.45 bits per heavy atom. The van der Waals surface area contributed by atoms with Crippen LogP contribution in [0.2, 0.25) is 0 Å². The van der Waals surface area contributed by atoms with Crippen molar-refractivity contribution in [2.24, 2.45) is 5.92 Å². The van der Waals surface area contributed by atoms with E-state index in [1.54, 1.807) is 23.1 Å². The summed E-state index contributed by atoms with van der Waals surface area (Å²) >= 11 is 0. The fraction of sp³-hybridized carbons (Fsp3) is 0.391. The lowest BCUT2D eigenvalue weighted by Crippen LogP contribution is -2.63. The predicted molar refractivity (Wildman–Crippen MR) is 123 cm³/mol. The molecule has 1 aliphatic carbocycles. The highest BCUT2D eigenvalue weighted by Crippen LogP contribution is 2.42. The van der Waals surface area contributed by atoms with E-state index in [0.29, 0.717) is 17.9 Å². The fourth-order valence-electron chi connectivity index (χ4n) is 4.47. The number of carbonyl (C=O) groups is 2. The van der Waals surface area contributed by atoms with Crippen molar-refractivity contribution in [1.82, 2.24) is 0 Å². The minimum atomic E-state index is -3.37. The minimum absolute atomic E-state index is 0.0274. The molecular weight excluding hydrogens is 414 g/mol. The lowest BCUT2D eigenvalue weighted by Gasteiger charge is -2.47. The molecule has 0 bridgehead atoms. The van der Waals surface area contributed by atoms with E-state index in [9.17, 15) is 18.0 Å². The van der Waals surface area contributed by atoms with Crippen LogP contribution in [-0.4, -0.2) is 38.4 Å². The number of sulfonamides is 1. The SMILES string of the molecule is CC(=O)N1c2ccc(-c3cccc(NS(C)(=O)=O)c3)cc2NC[C@@]1(C)C(=O)C1CCC1. The molecule has 1 heterocycles. The summed E-state index contributed by atoms with van der Waals surface area (Å²) in [5.41, 5.74) is 2.74. The van der Waals surface area contributed by atoms with E-state index >= 15 is 0 Å². The number of hydrogen-bond donors (Lipinski definition) is 2. The number of rotatable bonds is 5. The first-order valence-electron chi connectivity index (χ1n) is 10.4. The van der Waals surface area contributed by atoms with Crippen LogP contribution in [-0.2, 0) is 19.6 Å². The van der Waals surface area contributed by atoms with E-state index < -0.39 is 15.6 Å². The van der Waals surface area contributed by atoms with Crippen molar-refractivity contribution in [3.8, 4) is 11.1 Å². The molecule has 2 aliphatic rings. The second-order valence-corrected chi connectivity index (χ2v) is 10.4. The van der Waals surface area contributed by atoms with E-state index in [1.807, 2.05) is 31.2 Å². The van der Waals surface area contributed by atoms with E-state index in [1.165, 1.54) is 6.92 Å². The summed E-state index contributed by atoms with van der Waals surface area (Å²) < 4.78 is 25.6. The second-order valence-electron chi connectivity index (χ2n) is 8.66. The molecule has 31 heavy (non-hydrogen) atoms. The van der Waals surface area contributed by atoms with E-state index in [2.05, 4.69) is 10.0 Å². The summed E-state index contributed by atoms with van der Waals surface area (Å²) in [6.45, 7) is 3.70. The Bertz CT molecular complexity index is 1160. The zero-order valence-electron chi connectivity index (χ0n) is 17.9. The summed E-state index contributed by atoms with van der Waals surface area (Å²) in [6, 6.07) is 12.8. The van der Waals surface area contributed by atoms with Crippen LogP contribution in [0.15, 0.2) is 42.5 Å². The monoisotopic (exact) mass is 441 g/mol. The summed E-state index contributed by atoms with van der Waals surface area (Å²) in [4.78, 5) is 27.4. The molecule has 2 N–H and O–H groups in total. The Labute approximate surface area is 182 Å². The molecule has 0 radical (unpaired) electrons. The summed E-state index contributed by atoms with van der Waals surface area (Å²) in [7, 11) is -3.37. The fourth-order valence-corrected chi connectivity index (χ4v) is 5.02. The standard InChI is InChI=1S/C23H27N3O4S/c1-15(27)26-21-11-10-18(17-8-5-9-19(12-17)25-31(3,29)30)13-20(21)24-14-23(26,2)22(28)16-6-4-7-16/h5,8-13,16,24-25H,4,6-7,14H2,1-3H3/t23-/m0/s1. The molecule has 2 aromatic carbocycles. The molecule has 8 heteroatoms. The number of nitrogens with zero attached hydrogens (tertiary/aromatic N) is 1. The van der Waals surface area contributed by atoms with E-state index in [0.717, 1.165) is 42.3 Å². The van der Waals surface area contributed by atoms with Gasteiger partial charge in [-0.3, -0.25) is 19.2 Å².